The largest absolute Gasteiger partial charge is 0.496 e. The second kappa shape index (κ2) is 8.15. The highest BCUT2D eigenvalue weighted by molar-refractivity contribution is 9.10. The maximum atomic E-state index is 13.0. The van der Waals surface area contributed by atoms with Crippen LogP contribution in [0.5, 0.6) is 11.5 Å². The number of benzene rings is 2. The Morgan fingerprint density at radius 3 is 2.76 bits per heavy atom. The van der Waals surface area contributed by atoms with Crippen molar-refractivity contribution in [3.05, 3.63) is 58.6 Å². The molecule has 1 heterocycles. The fraction of sp³-hybridized carbons (Fsp3) is 0.316. The highest BCUT2D eigenvalue weighted by Gasteiger charge is 2.35. The molecule has 1 aliphatic heterocycles. The van der Waals surface area contributed by atoms with Crippen LogP contribution in [0.2, 0.25) is 0 Å². The molecule has 0 saturated carbocycles. The van der Waals surface area contributed by atoms with Crippen molar-refractivity contribution < 1.29 is 14.3 Å². The number of carbonyl (C=O) groups is 1. The van der Waals surface area contributed by atoms with Crippen LogP contribution in [0.25, 0.3) is 0 Å². The van der Waals surface area contributed by atoms with Gasteiger partial charge in [0.05, 0.1) is 7.11 Å². The number of para-hydroxylation sites is 1. The summed E-state index contributed by atoms with van der Waals surface area (Å²) in [7, 11) is 1.65. The van der Waals surface area contributed by atoms with Crippen molar-refractivity contribution in [2.24, 2.45) is 0 Å². The average Bonchev–Trinajstić information content (AvgIpc) is 3.11. The van der Waals surface area contributed by atoms with Crippen molar-refractivity contribution >= 4 is 33.6 Å². The van der Waals surface area contributed by atoms with Gasteiger partial charge in [0.2, 0.25) is 0 Å². The van der Waals surface area contributed by atoms with Crippen molar-refractivity contribution in [2.45, 2.75) is 18.4 Å². The van der Waals surface area contributed by atoms with Crippen LogP contribution in [-0.4, -0.2) is 36.3 Å². The number of amides is 1. The Morgan fingerprint density at radius 2 is 2.04 bits per heavy atom. The molecule has 1 fully saturated rings. The summed E-state index contributed by atoms with van der Waals surface area (Å²) in [6.07, 6.45) is -0.540. The van der Waals surface area contributed by atoms with Crippen LogP contribution < -0.4 is 9.47 Å². The van der Waals surface area contributed by atoms with Gasteiger partial charge in [0, 0.05) is 22.3 Å². The minimum Gasteiger partial charge on any atom is -0.496 e. The molecule has 0 N–H and O–H groups in total. The lowest BCUT2D eigenvalue weighted by atomic mass is 10.1. The van der Waals surface area contributed by atoms with Crippen LogP contribution in [-0.2, 0) is 4.79 Å². The molecule has 132 valence electrons. The quantitative estimate of drug-likeness (QED) is 0.712. The standard InChI is InChI=1S/C19H20BrNO3S/c1-13(24-15-6-4-3-5-7-15)18(22)21-10-11-25-19(21)16-12-14(20)8-9-17(16)23-2/h3-9,12-13,19H,10-11H2,1-2H3. The van der Waals surface area contributed by atoms with Gasteiger partial charge in [-0.15, -0.1) is 11.8 Å². The van der Waals surface area contributed by atoms with E-state index in [2.05, 4.69) is 15.9 Å². The molecule has 4 nitrogen and oxygen atoms in total. The van der Waals surface area contributed by atoms with Gasteiger partial charge in [-0.05, 0) is 37.3 Å². The first kappa shape index (κ1) is 18.1. The Balaban J connectivity index is 1.79. The molecule has 2 aromatic rings. The number of ether oxygens (including phenoxy) is 2. The van der Waals surface area contributed by atoms with Crippen LogP contribution >= 0.6 is 27.7 Å². The SMILES string of the molecule is COc1ccc(Br)cc1C1SCCN1C(=O)C(C)Oc1ccccc1. The number of halogens is 1. The highest BCUT2D eigenvalue weighted by Crippen LogP contribution is 2.43. The minimum absolute atomic E-state index is 0.0131. The lowest BCUT2D eigenvalue weighted by molar-refractivity contribution is -0.138. The van der Waals surface area contributed by atoms with Gasteiger partial charge in [-0.1, -0.05) is 34.1 Å². The third-order valence-electron chi connectivity index (χ3n) is 4.04. The maximum Gasteiger partial charge on any atom is 0.264 e. The van der Waals surface area contributed by atoms with E-state index in [1.54, 1.807) is 25.8 Å². The van der Waals surface area contributed by atoms with E-state index in [4.69, 9.17) is 9.47 Å². The number of rotatable bonds is 5. The smallest absolute Gasteiger partial charge is 0.264 e. The van der Waals surface area contributed by atoms with Gasteiger partial charge >= 0.3 is 0 Å². The van der Waals surface area contributed by atoms with Crippen LogP contribution in [0, 0.1) is 0 Å². The van der Waals surface area contributed by atoms with E-state index in [9.17, 15) is 4.79 Å². The first-order valence-corrected chi connectivity index (χ1v) is 9.91. The fourth-order valence-corrected chi connectivity index (χ4v) is 4.50. The summed E-state index contributed by atoms with van der Waals surface area (Å²) in [4.78, 5) is 14.8. The van der Waals surface area contributed by atoms with E-state index in [-0.39, 0.29) is 11.3 Å². The molecule has 1 saturated heterocycles. The molecular weight excluding hydrogens is 402 g/mol. The van der Waals surface area contributed by atoms with Crippen molar-refractivity contribution in [1.29, 1.82) is 0 Å². The summed E-state index contributed by atoms with van der Waals surface area (Å²) >= 11 is 5.25. The molecule has 6 heteroatoms. The molecule has 2 atom stereocenters. The molecule has 0 radical (unpaired) electrons. The van der Waals surface area contributed by atoms with E-state index < -0.39 is 6.10 Å². The zero-order valence-electron chi connectivity index (χ0n) is 14.1. The highest BCUT2D eigenvalue weighted by atomic mass is 79.9. The predicted molar refractivity (Wildman–Crippen MR) is 104 cm³/mol. The van der Waals surface area contributed by atoms with Gasteiger partial charge in [0.25, 0.3) is 5.91 Å². The monoisotopic (exact) mass is 421 g/mol. The molecule has 2 aromatic carbocycles. The number of hydrogen-bond acceptors (Lipinski definition) is 4. The lowest BCUT2D eigenvalue weighted by Crippen LogP contribution is -2.40. The van der Waals surface area contributed by atoms with E-state index >= 15 is 0 Å². The van der Waals surface area contributed by atoms with E-state index in [1.165, 1.54) is 0 Å². The topological polar surface area (TPSA) is 38.8 Å². The first-order valence-electron chi connectivity index (χ1n) is 8.07. The van der Waals surface area contributed by atoms with Crippen molar-refractivity contribution in [2.75, 3.05) is 19.4 Å². The van der Waals surface area contributed by atoms with Crippen LogP contribution in [0.4, 0.5) is 0 Å². The summed E-state index contributed by atoms with van der Waals surface area (Å²) < 4.78 is 12.3. The predicted octanol–water partition coefficient (Wildman–Crippen LogP) is 4.50. The number of methoxy groups -OCH3 is 1. The summed E-state index contributed by atoms with van der Waals surface area (Å²) in [5, 5.41) is -0.0678. The van der Waals surface area contributed by atoms with Crippen molar-refractivity contribution in [3.8, 4) is 11.5 Å². The zero-order valence-corrected chi connectivity index (χ0v) is 16.5. The van der Waals surface area contributed by atoms with Gasteiger partial charge in [-0.3, -0.25) is 4.79 Å². The Kier molecular flexibility index (Phi) is 5.91. The third-order valence-corrected chi connectivity index (χ3v) is 5.77. The lowest BCUT2D eigenvalue weighted by Gasteiger charge is -2.28. The Morgan fingerprint density at radius 1 is 1.28 bits per heavy atom. The summed E-state index contributed by atoms with van der Waals surface area (Å²) in [5.74, 6) is 2.37. The van der Waals surface area contributed by atoms with E-state index in [0.717, 1.165) is 21.5 Å². The number of hydrogen-bond donors (Lipinski definition) is 0. The van der Waals surface area contributed by atoms with Gasteiger partial charge in [0.1, 0.15) is 16.9 Å². The van der Waals surface area contributed by atoms with Gasteiger partial charge in [-0.2, -0.15) is 0 Å². The van der Waals surface area contributed by atoms with Gasteiger partial charge in [-0.25, -0.2) is 0 Å². The molecule has 0 bridgehead atoms. The third kappa shape index (κ3) is 4.12. The van der Waals surface area contributed by atoms with E-state index in [1.807, 2.05) is 53.4 Å². The second-order valence-corrected chi connectivity index (χ2v) is 7.82. The number of carbonyl (C=O) groups excluding carboxylic acids is 1. The molecular formula is C19H20BrNO3S. The molecule has 1 amide bonds. The zero-order chi connectivity index (χ0) is 17.8. The molecule has 25 heavy (non-hydrogen) atoms. The molecule has 0 aromatic heterocycles. The molecule has 1 aliphatic rings. The molecule has 3 rings (SSSR count). The maximum absolute atomic E-state index is 13.0. The number of thioether (sulfide) groups is 1. The molecule has 0 spiro atoms. The second-order valence-electron chi connectivity index (χ2n) is 5.71. The first-order chi connectivity index (χ1) is 12.1. The summed E-state index contributed by atoms with van der Waals surface area (Å²) in [6.45, 7) is 2.50. The van der Waals surface area contributed by atoms with Crippen molar-refractivity contribution in [1.82, 2.24) is 4.90 Å². The van der Waals surface area contributed by atoms with Crippen LogP contribution in [0.15, 0.2) is 53.0 Å². The van der Waals surface area contributed by atoms with Gasteiger partial charge in [0.15, 0.2) is 6.10 Å². The fourth-order valence-electron chi connectivity index (χ4n) is 2.84. The average molecular weight is 422 g/mol. The molecule has 2 unspecified atom stereocenters. The van der Waals surface area contributed by atoms with E-state index in [0.29, 0.717) is 12.3 Å². The molecule has 0 aliphatic carbocycles. The Labute approximate surface area is 160 Å². The van der Waals surface area contributed by atoms with Crippen LogP contribution in [0.3, 0.4) is 0 Å². The minimum atomic E-state index is -0.540. The normalized spacial score (nSPS) is 18.0. The number of nitrogens with zero attached hydrogens (tertiary/aromatic N) is 1. The summed E-state index contributed by atoms with van der Waals surface area (Å²) in [5.41, 5.74) is 1.000. The van der Waals surface area contributed by atoms with Crippen molar-refractivity contribution in [3.63, 3.8) is 0 Å². The Hall–Kier alpha value is -1.66. The van der Waals surface area contributed by atoms with Crippen LogP contribution in [0.1, 0.15) is 17.9 Å². The summed E-state index contributed by atoms with van der Waals surface area (Å²) in [6, 6.07) is 15.3. The van der Waals surface area contributed by atoms with Gasteiger partial charge < -0.3 is 14.4 Å². The Bertz CT molecular complexity index is 741.